The summed E-state index contributed by atoms with van der Waals surface area (Å²) in [5, 5.41) is 4.16. The van der Waals surface area contributed by atoms with Crippen molar-refractivity contribution in [1.82, 2.24) is 0 Å². The summed E-state index contributed by atoms with van der Waals surface area (Å²) in [6, 6.07) is 15.4. The molecule has 0 aliphatic heterocycles. The Morgan fingerprint density at radius 1 is 1.14 bits per heavy atom. The van der Waals surface area contributed by atoms with Gasteiger partial charge >= 0.3 is 5.97 Å². The number of esters is 1. The van der Waals surface area contributed by atoms with E-state index in [-0.39, 0.29) is 5.76 Å². The van der Waals surface area contributed by atoms with Gasteiger partial charge in [-0.3, -0.25) is 0 Å². The van der Waals surface area contributed by atoms with E-state index in [0.29, 0.717) is 17.9 Å². The molecule has 0 fully saturated rings. The maximum Gasteiger partial charge on any atom is 0.376 e. The zero-order valence-corrected chi connectivity index (χ0v) is 12.6. The lowest BCUT2D eigenvalue weighted by Crippen LogP contribution is -2.06. The third-order valence-corrected chi connectivity index (χ3v) is 3.46. The molecule has 112 valence electrons. The van der Waals surface area contributed by atoms with Crippen molar-refractivity contribution in [2.24, 2.45) is 0 Å². The fourth-order valence-electron chi connectivity index (χ4n) is 2.36. The molecule has 0 spiro atoms. The topological polar surface area (TPSA) is 51.5 Å². The Balaban J connectivity index is 2.11. The molecule has 0 saturated heterocycles. The molecule has 0 atom stereocenters. The molecule has 2 aromatic carbocycles. The number of hydrogen-bond acceptors (Lipinski definition) is 4. The van der Waals surface area contributed by atoms with E-state index >= 15 is 0 Å². The highest BCUT2D eigenvalue weighted by atomic mass is 16.5. The monoisotopic (exact) mass is 295 g/mol. The zero-order valence-electron chi connectivity index (χ0n) is 12.6. The Morgan fingerprint density at radius 3 is 2.64 bits per heavy atom. The van der Waals surface area contributed by atoms with Gasteiger partial charge in [-0.15, -0.1) is 0 Å². The Morgan fingerprint density at radius 2 is 1.86 bits per heavy atom. The normalized spacial score (nSPS) is 10.6. The van der Waals surface area contributed by atoms with Gasteiger partial charge in [-0.2, -0.15) is 0 Å². The fraction of sp³-hybridized carbons (Fsp3) is 0.167. The molecule has 0 aliphatic carbocycles. The van der Waals surface area contributed by atoms with Crippen LogP contribution in [0.1, 0.15) is 23.0 Å². The van der Waals surface area contributed by atoms with Gasteiger partial charge in [0, 0.05) is 11.1 Å². The molecule has 3 aromatic rings. The van der Waals surface area contributed by atoms with Crippen LogP contribution in [0.5, 0.6) is 0 Å². The second-order valence-electron chi connectivity index (χ2n) is 4.96. The number of carbonyl (C=O) groups is 1. The van der Waals surface area contributed by atoms with Gasteiger partial charge in [-0.05, 0) is 37.6 Å². The van der Waals surface area contributed by atoms with Crippen molar-refractivity contribution in [1.29, 1.82) is 0 Å². The molecule has 4 nitrogen and oxygen atoms in total. The van der Waals surface area contributed by atoms with Crippen LogP contribution in [0.15, 0.2) is 52.9 Å². The Kier molecular flexibility index (Phi) is 3.83. The number of aryl methyl sites for hydroxylation is 1. The number of nitrogens with one attached hydrogen (secondary N) is 1. The smallest absolute Gasteiger partial charge is 0.376 e. The summed E-state index contributed by atoms with van der Waals surface area (Å²) in [6.07, 6.45) is 0. The average Bonchev–Trinajstić information content (AvgIpc) is 2.89. The van der Waals surface area contributed by atoms with Gasteiger partial charge in [-0.1, -0.05) is 30.3 Å². The van der Waals surface area contributed by atoms with Gasteiger partial charge in [0.15, 0.2) is 0 Å². The minimum absolute atomic E-state index is 0.200. The van der Waals surface area contributed by atoms with Crippen LogP contribution in [-0.2, 0) is 4.74 Å². The molecule has 0 unspecified atom stereocenters. The van der Waals surface area contributed by atoms with Crippen molar-refractivity contribution < 1.29 is 13.9 Å². The third kappa shape index (κ3) is 2.55. The molecule has 0 aliphatic rings. The second-order valence-corrected chi connectivity index (χ2v) is 4.96. The Labute approximate surface area is 128 Å². The first kappa shape index (κ1) is 14.2. The maximum atomic E-state index is 12.2. The lowest BCUT2D eigenvalue weighted by molar-refractivity contribution is 0.0494. The number of hydrogen-bond donors (Lipinski definition) is 1. The highest BCUT2D eigenvalue weighted by Crippen LogP contribution is 2.34. The molecule has 0 bridgehead atoms. The van der Waals surface area contributed by atoms with Crippen LogP contribution in [0.25, 0.3) is 11.0 Å². The summed E-state index contributed by atoms with van der Waals surface area (Å²) >= 11 is 0. The van der Waals surface area contributed by atoms with E-state index in [0.717, 1.165) is 16.6 Å². The van der Waals surface area contributed by atoms with Crippen molar-refractivity contribution in [3.05, 3.63) is 59.9 Å². The van der Waals surface area contributed by atoms with E-state index in [1.165, 1.54) is 0 Å². The summed E-state index contributed by atoms with van der Waals surface area (Å²) < 4.78 is 10.8. The molecule has 3 rings (SSSR count). The summed E-state index contributed by atoms with van der Waals surface area (Å²) in [4.78, 5) is 12.2. The van der Waals surface area contributed by atoms with Gasteiger partial charge in [0.2, 0.25) is 5.76 Å². The van der Waals surface area contributed by atoms with E-state index in [1.807, 2.05) is 55.5 Å². The van der Waals surface area contributed by atoms with Gasteiger partial charge < -0.3 is 14.5 Å². The van der Waals surface area contributed by atoms with Crippen molar-refractivity contribution in [2.45, 2.75) is 13.8 Å². The Bertz CT molecular complexity index is 820. The molecule has 1 heterocycles. The minimum atomic E-state index is -0.463. The Hall–Kier alpha value is -2.75. The largest absolute Gasteiger partial charge is 0.460 e. The van der Waals surface area contributed by atoms with Crippen molar-refractivity contribution in [2.75, 3.05) is 11.9 Å². The second kappa shape index (κ2) is 5.93. The number of carbonyl (C=O) groups excluding carboxylic acids is 1. The molecular formula is C18H17NO3. The average molecular weight is 295 g/mol. The molecule has 4 heteroatoms. The predicted molar refractivity (Wildman–Crippen MR) is 86.6 cm³/mol. The van der Waals surface area contributed by atoms with Gasteiger partial charge in [0.05, 0.1) is 6.61 Å². The molecule has 1 aromatic heterocycles. The van der Waals surface area contributed by atoms with Crippen LogP contribution in [0.3, 0.4) is 0 Å². The zero-order chi connectivity index (χ0) is 15.5. The molecule has 1 N–H and O–H groups in total. The van der Waals surface area contributed by atoms with E-state index in [9.17, 15) is 4.79 Å². The maximum absolute atomic E-state index is 12.2. The first-order chi connectivity index (χ1) is 10.7. The van der Waals surface area contributed by atoms with Crippen LogP contribution in [0.4, 0.5) is 11.4 Å². The van der Waals surface area contributed by atoms with Crippen molar-refractivity contribution in [3.63, 3.8) is 0 Å². The summed E-state index contributed by atoms with van der Waals surface area (Å²) in [6.45, 7) is 4.09. The molecule has 0 amide bonds. The molecule has 0 saturated carbocycles. The van der Waals surface area contributed by atoms with Crippen LogP contribution in [0, 0.1) is 6.92 Å². The van der Waals surface area contributed by atoms with Crippen LogP contribution < -0.4 is 5.32 Å². The first-order valence-corrected chi connectivity index (χ1v) is 7.22. The molecule has 0 radical (unpaired) electrons. The number of para-hydroxylation sites is 2. The minimum Gasteiger partial charge on any atom is -0.460 e. The van der Waals surface area contributed by atoms with Crippen molar-refractivity contribution >= 4 is 28.3 Å². The summed E-state index contributed by atoms with van der Waals surface area (Å²) in [7, 11) is 0. The van der Waals surface area contributed by atoms with Gasteiger partial charge in [0.1, 0.15) is 11.3 Å². The number of rotatable bonds is 4. The number of anilines is 2. The fourth-order valence-corrected chi connectivity index (χ4v) is 2.36. The number of furan rings is 1. The van der Waals surface area contributed by atoms with E-state index in [2.05, 4.69) is 5.32 Å². The van der Waals surface area contributed by atoms with Crippen LogP contribution in [-0.4, -0.2) is 12.6 Å². The van der Waals surface area contributed by atoms with Gasteiger partial charge in [-0.25, -0.2) is 4.79 Å². The summed E-state index contributed by atoms with van der Waals surface area (Å²) in [5.74, 6) is -0.263. The molecule has 22 heavy (non-hydrogen) atoms. The standard InChI is InChI=1S/C18H17NO3/c1-3-21-18(20)17-16(13-9-5-7-11-15(13)22-17)19-14-10-6-4-8-12(14)2/h4-11,19H,3H2,1-2H3. The van der Waals surface area contributed by atoms with E-state index in [1.54, 1.807) is 6.92 Å². The van der Waals surface area contributed by atoms with E-state index in [4.69, 9.17) is 9.15 Å². The number of benzene rings is 2. The highest BCUT2D eigenvalue weighted by Gasteiger charge is 2.22. The number of fused-ring (bicyclic) bond motifs is 1. The predicted octanol–water partition coefficient (Wildman–Crippen LogP) is 4.66. The van der Waals surface area contributed by atoms with Crippen LogP contribution in [0.2, 0.25) is 0 Å². The quantitative estimate of drug-likeness (QED) is 0.711. The molecular weight excluding hydrogens is 278 g/mol. The first-order valence-electron chi connectivity index (χ1n) is 7.22. The van der Waals surface area contributed by atoms with E-state index < -0.39 is 5.97 Å². The lowest BCUT2D eigenvalue weighted by Gasteiger charge is -2.09. The van der Waals surface area contributed by atoms with Crippen LogP contribution >= 0.6 is 0 Å². The van der Waals surface area contributed by atoms with Gasteiger partial charge in [0.25, 0.3) is 0 Å². The SMILES string of the molecule is CCOC(=O)c1oc2ccccc2c1Nc1ccccc1C. The number of ether oxygens (including phenoxy) is 1. The lowest BCUT2D eigenvalue weighted by atomic mass is 10.1. The van der Waals surface area contributed by atoms with Crippen molar-refractivity contribution in [3.8, 4) is 0 Å². The summed E-state index contributed by atoms with van der Waals surface area (Å²) in [5.41, 5.74) is 3.31. The third-order valence-electron chi connectivity index (χ3n) is 3.46. The highest BCUT2D eigenvalue weighted by molar-refractivity contribution is 6.05.